The molecule has 7 heteroatoms. The normalized spacial score (nSPS) is 12.3. The molecule has 0 aromatic heterocycles. The number of carbonyl (C=O) groups is 2. The average Bonchev–Trinajstić information content (AvgIpc) is 2.29. The minimum Gasteiger partial charge on any atom is -0.354 e. The van der Waals surface area contributed by atoms with Crippen molar-refractivity contribution in [2.24, 2.45) is 0 Å². The predicted molar refractivity (Wildman–Crippen MR) is 66.9 cm³/mol. The molecule has 2 amide bonds. The number of hydrogen-bond donors (Lipinski definition) is 3. The molecule has 1 atom stereocenters. The van der Waals surface area contributed by atoms with Crippen molar-refractivity contribution in [3.8, 4) is 0 Å². The van der Waals surface area contributed by atoms with Crippen molar-refractivity contribution in [1.29, 1.82) is 0 Å². The van der Waals surface area contributed by atoms with Gasteiger partial charge in [0.2, 0.25) is 11.8 Å². The van der Waals surface area contributed by atoms with E-state index in [-0.39, 0.29) is 18.4 Å². The van der Waals surface area contributed by atoms with Gasteiger partial charge in [-0.05, 0) is 12.2 Å². The van der Waals surface area contributed by atoms with Crippen LogP contribution in [0, 0.1) is 0 Å². The molecular weight excluding hydrogens is 244 g/mol. The van der Waals surface area contributed by atoms with Crippen LogP contribution in [-0.4, -0.2) is 50.7 Å². The smallest absolute Gasteiger partial charge is 0.242 e. The van der Waals surface area contributed by atoms with Crippen LogP contribution in [0.25, 0.3) is 0 Å². The molecule has 0 saturated heterocycles. The maximum atomic E-state index is 11.7. The molecule has 1 unspecified atom stereocenters. The number of amides is 2. The van der Waals surface area contributed by atoms with Gasteiger partial charge in [0.25, 0.3) is 0 Å². The Morgan fingerprint density at radius 1 is 1.29 bits per heavy atom. The summed E-state index contributed by atoms with van der Waals surface area (Å²) in [5.41, 5.74) is 0. The number of thiol groups is 1. The standard InChI is InChI=1S/C10H20N2O4S/c1-7(13)12-8(4-5-17)10(14)11-6-9(15-2)16-3/h8-9,17H,4-6H2,1-3H3,(H,11,14)(H,12,13). The summed E-state index contributed by atoms with van der Waals surface area (Å²) in [5.74, 6) is -0.00796. The quantitative estimate of drug-likeness (QED) is 0.410. The van der Waals surface area contributed by atoms with E-state index in [4.69, 9.17) is 9.47 Å². The van der Waals surface area contributed by atoms with E-state index < -0.39 is 12.3 Å². The number of hydrogen-bond acceptors (Lipinski definition) is 5. The second-order valence-electron chi connectivity index (χ2n) is 3.41. The largest absolute Gasteiger partial charge is 0.354 e. The molecule has 0 aromatic carbocycles. The fraction of sp³-hybridized carbons (Fsp3) is 0.800. The van der Waals surface area contributed by atoms with Crippen molar-refractivity contribution in [3.63, 3.8) is 0 Å². The molecule has 0 bridgehead atoms. The predicted octanol–water partition coefficient (Wildman–Crippen LogP) is -0.454. The van der Waals surface area contributed by atoms with E-state index in [1.165, 1.54) is 21.1 Å². The molecule has 0 heterocycles. The summed E-state index contributed by atoms with van der Waals surface area (Å²) >= 11 is 4.04. The highest BCUT2D eigenvalue weighted by molar-refractivity contribution is 7.80. The highest BCUT2D eigenvalue weighted by atomic mass is 32.1. The van der Waals surface area contributed by atoms with E-state index in [1.807, 2.05) is 0 Å². The van der Waals surface area contributed by atoms with Gasteiger partial charge >= 0.3 is 0 Å². The van der Waals surface area contributed by atoms with Crippen molar-refractivity contribution in [3.05, 3.63) is 0 Å². The van der Waals surface area contributed by atoms with Gasteiger partial charge in [-0.15, -0.1) is 0 Å². The zero-order chi connectivity index (χ0) is 13.3. The molecule has 0 radical (unpaired) electrons. The first-order valence-electron chi connectivity index (χ1n) is 5.26. The third-order valence-electron chi connectivity index (χ3n) is 2.08. The third-order valence-corrected chi connectivity index (χ3v) is 2.34. The molecular formula is C10H20N2O4S. The van der Waals surface area contributed by atoms with Gasteiger partial charge in [-0.1, -0.05) is 0 Å². The molecule has 0 fully saturated rings. The van der Waals surface area contributed by atoms with Crippen molar-refractivity contribution in [2.45, 2.75) is 25.7 Å². The van der Waals surface area contributed by atoms with Crippen LogP contribution >= 0.6 is 12.6 Å². The Bertz CT molecular complexity index is 246. The maximum absolute atomic E-state index is 11.7. The van der Waals surface area contributed by atoms with Gasteiger partial charge in [0.15, 0.2) is 6.29 Å². The number of ether oxygens (including phenoxy) is 2. The Labute approximate surface area is 107 Å². The van der Waals surface area contributed by atoms with Crippen molar-refractivity contribution >= 4 is 24.4 Å². The fourth-order valence-corrected chi connectivity index (χ4v) is 1.47. The third kappa shape index (κ3) is 7.19. The topological polar surface area (TPSA) is 76.7 Å². The summed E-state index contributed by atoms with van der Waals surface area (Å²) in [6.45, 7) is 1.60. The average molecular weight is 264 g/mol. The van der Waals surface area contributed by atoms with E-state index in [1.54, 1.807) is 0 Å². The number of methoxy groups -OCH3 is 2. The molecule has 2 N–H and O–H groups in total. The molecule has 100 valence electrons. The Hall–Kier alpha value is -0.790. The summed E-state index contributed by atoms with van der Waals surface area (Å²) in [7, 11) is 2.97. The fourth-order valence-electron chi connectivity index (χ4n) is 1.21. The van der Waals surface area contributed by atoms with Crippen LogP contribution in [0.4, 0.5) is 0 Å². The van der Waals surface area contributed by atoms with Gasteiger partial charge < -0.3 is 20.1 Å². The summed E-state index contributed by atoms with van der Waals surface area (Å²) in [5, 5.41) is 5.20. The second kappa shape index (κ2) is 9.26. The monoisotopic (exact) mass is 264 g/mol. The van der Waals surface area contributed by atoms with Gasteiger partial charge in [-0.3, -0.25) is 9.59 Å². The van der Waals surface area contributed by atoms with Gasteiger partial charge in [-0.25, -0.2) is 0 Å². The first kappa shape index (κ1) is 16.2. The van der Waals surface area contributed by atoms with Crippen LogP contribution in [0.2, 0.25) is 0 Å². The van der Waals surface area contributed by atoms with Gasteiger partial charge in [0.05, 0.1) is 6.54 Å². The van der Waals surface area contributed by atoms with Gasteiger partial charge in [-0.2, -0.15) is 12.6 Å². The van der Waals surface area contributed by atoms with E-state index in [9.17, 15) is 9.59 Å². The van der Waals surface area contributed by atoms with Crippen LogP contribution < -0.4 is 10.6 Å². The van der Waals surface area contributed by atoms with Crippen LogP contribution in [0.3, 0.4) is 0 Å². The van der Waals surface area contributed by atoms with E-state index in [0.717, 1.165) is 0 Å². The molecule has 17 heavy (non-hydrogen) atoms. The maximum Gasteiger partial charge on any atom is 0.242 e. The molecule has 0 aliphatic rings. The molecule has 0 spiro atoms. The Balaban J connectivity index is 4.17. The summed E-state index contributed by atoms with van der Waals surface area (Å²) in [4.78, 5) is 22.7. The van der Waals surface area contributed by atoms with Crippen LogP contribution in [0.15, 0.2) is 0 Å². The highest BCUT2D eigenvalue weighted by Gasteiger charge is 2.19. The Kier molecular flexibility index (Phi) is 8.83. The molecule has 0 aromatic rings. The molecule has 0 saturated carbocycles. The lowest BCUT2D eigenvalue weighted by molar-refractivity contribution is -0.132. The number of nitrogens with one attached hydrogen (secondary N) is 2. The van der Waals surface area contributed by atoms with Gasteiger partial charge in [0.1, 0.15) is 6.04 Å². The lowest BCUT2D eigenvalue weighted by Gasteiger charge is -2.19. The zero-order valence-corrected chi connectivity index (χ0v) is 11.3. The minimum absolute atomic E-state index is 0.231. The van der Waals surface area contributed by atoms with Crippen molar-refractivity contribution < 1.29 is 19.1 Å². The highest BCUT2D eigenvalue weighted by Crippen LogP contribution is 1.96. The first-order chi connectivity index (χ1) is 8.04. The summed E-state index contributed by atoms with van der Waals surface area (Å²) < 4.78 is 9.86. The summed E-state index contributed by atoms with van der Waals surface area (Å²) in [6.07, 6.45) is -0.0213. The first-order valence-corrected chi connectivity index (χ1v) is 5.89. The van der Waals surface area contributed by atoms with Crippen LogP contribution in [-0.2, 0) is 19.1 Å². The van der Waals surface area contributed by atoms with Gasteiger partial charge in [0, 0.05) is 21.1 Å². The SMILES string of the molecule is COC(CNC(=O)C(CCS)NC(C)=O)OC. The van der Waals surface area contributed by atoms with Crippen LogP contribution in [0.5, 0.6) is 0 Å². The minimum atomic E-state index is -0.570. The van der Waals surface area contributed by atoms with Crippen molar-refractivity contribution in [1.82, 2.24) is 10.6 Å². The Morgan fingerprint density at radius 3 is 2.29 bits per heavy atom. The number of carbonyl (C=O) groups excluding carboxylic acids is 2. The lowest BCUT2D eigenvalue weighted by atomic mass is 10.2. The second-order valence-corrected chi connectivity index (χ2v) is 3.86. The molecule has 0 aliphatic heterocycles. The molecule has 0 rings (SSSR count). The lowest BCUT2D eigenvalue weighted by Crippen LogP contribution is -2.48. The molecule has 6 nitrogen and oxygen atoms in total. The Morgan fingerprint density at radius 2 is 1.88 bits per heavy atom. The number of rotatable bonds is 8. The van der Waals surface area contributed by atoms with Crippen LogP contribution in [0.1, 0.15) is 13.3 Å². The van der Waals surface area contributed by atoms with Crippen molar-refractivity contribution in [2.75, 3.05) is 26.5 Å². The van der Waals surface area contributed by atoms with E-state index in [0.29, 0.717) is 12.2 Å². The van der Waals surface area contributed by atoms with E-state index in [2.05, 4.69) is 23.3 Å². The zero-order valence-electron chi connectivity index (χ0n) is 10.4. The summed E-state index contributed by atoms with van der Waals surface area (Å²) in [6, 6.07) is -0.570. The molecule has 0 aliphatic carbocycles. The van der Waals surface area contributed by atoms with E-state index >= 15 is 0 Å².